The SMILES string of the molecule is c1cc2c3ccc(nc3c1)-c1ccc(cc1)CCCCCCc1ccc(nc1)-c1ccc(cc1)CCCCCCc1ccc(nc1)-c1ccc(cc1)CCCCC2. The number of rotatable bonds is 0. The summed E-state index contributed by atoms with van der Waals surface area (Å²) in [4.78, 5) is 14.8. The fourth-order valence-corrected chi connectivity index (χ4v) is 8.46. The molecule has 288 valence electrons. The molecule has 7 aromatic rings. The molecule has 0 amide bonds. The first kappa shape index (κ1) is 38.5. The molecule has 0 spiro atoms. The van der Waals surface area contributed by atoms with E-state index in [1.54, 1.807) is 0 Å². The molecule has 0 saturated carbocycles. The largest absolute Gasteiger partial charge is 0.256 e. The van der Waals surface area contributed by atoms with Crippen LogP contribution in [0, 0.1) is 0 Å². The van der Waals surface area contributed by atoms with Crippen LogP contribution in [-0.4, -0.2) is 15.0 Å². The van der Waals surface area contributed by atoms with Gasteiger partial charge < -0.3 is 0 Å². The average Bonchev–Trinajstić information content (AvgIpc) is 3.26. The molecular formula is C54H57N3. The van der Waals surface area contributed by atoms with E-state index >= 15 is 0 Å². The van der Waals surface area contributed by atoms with Gasteiger partial charge in [-0.2, -0.15) is 0 Å². The first-order chi connectivity index (χ1) is 28.2. The Bertz CT molecular complexity index is 2290. The summed E-state index contributed by atoms with van der Waals surface area (Å²) in [7, 11) is 0. The van der Waals surface area contributed by atoms with E-state index in [2.05, 4.69) is 140 Å². The van der Waals surface area contributed by atoms with Crippen LogP contribution in [0.15, 0.2) is 140 Å². The predicted octanol–water partition coefficient (Wildman–Crippen LogP) is 14.0. The molecule has 4 aliphatic carbocycles. The Hall–Kier alpha value is -5.41. The summed E-state index contributed by atoms with van der Waals surface area (Å²) in [6.45, 7) is 0. The molecule has 6 heterocycles. The normalized spacial score (nSPS) is 15.2. The molecule has 3 nitrogen and oxygen atoms in total. The van der Waals surface area contributed by atoms with Crippen molar-refractivity contribution >= 4 is 10.9 Å². The highest BCUT2D eigenvalue weighted by atomic mass is 14.7. The summed E-state index contributed by atoms with van der Waals surface area (Å²) in [5, 5.41) is 1.29. The van der Waals surface area contributed by atoms with Gasteiger partial charge in [-0.1, -0.05) is 135 Å². The molecule has 0 unspecified atom stereocenters. The molecule has 14 rings (SSSR count). The van der Waals surface area contributed by atoms with Crippen molar-refractivity contribution in [3.05, 3.63) is 173 Å². The second-order valence-corrected chi connectivity index (χ2v) is 16.3. The standard InChI is InChI=1S/C54H57N3/c1-3-8-16-44-28-37-52(56-40-44)48-31-23-43(24-32-48)15-10-5-11-18-46-19-12-20-54-50(46)35-38-53(57-54)49-33-25-42(26-34-49)14-7-2-4-9-17-45-27-36-51(55-39-45)47-29-21-41(13-6-1)22-30-47/h12,19-40H,1-11,13-18H2. The van der Waals surface area contributed by atoms with Crippen LogP contribution in [0.5, 0.6) is 0 Å². The van der Waals surface area contributed by atoms with Crippen LogP contribution in [0.2, 0.25) is 0 Å². The number of benzene rings is 4. The van der Waals surface area contributed by atoms with Crippen molar-refractivity contribution in [3.63, 3.8) is 0 Å². The quantitative estimate of drug-likeness (QED) is 0.155. The first-order valence-corrected chi connectivity index (χ1v) is 21.8. The molecule has 0 saturated heterocycles. The Labute approximate surface area is 340 Å². The van der Waals surface area contributed by atoms with E-state index in [1.807, 2.05) is 0 Å². The van der Waals surface area contributed by atoms with Crippen LogP contribution in [0.25, 0.3) is 44.7 Å². The van der Waals surface area contributed by atoms with Gasteiger partial charge in [-0.15, -0.1) is 0 Å². The lowest BCUT2D eigenvalue weighted by atomic mass is 9.99. The first-order valence-electron chi connectivity index (χ1n) is 21.8. The average molecular weight is 748 g/mol. The van der Waals surface area contributed by atoms with Gasteiger partial charge in [-0.05, 0) is 135 Å². The fraction of sp³-hybridized carbons (Fsp3) is 0.315. The molecule has 0 atom stereocenters. The molecule has 7 aliphatic rings. The number of hydrogen-bond donors (Lipinski definition) is 0. The van der Waals surface area contributed by atoms with E-state index in [1.165, 1.54) is 126 Å². The smallest absolute Gasteiger partial charge is 0.0712 e. The van der Waals surface area contributed by atoms with Gasteiger partial charge in [-0.25, -0.2) is 4.98 Å². The van der Waals surface area contributed by atoms with Crippen LogP contribution in [0.1, 0.15) is 104 Å². The van der Waals surface area contributed by atoms with E-state index < -0.39 is 0 Å². The minimum atomic E-state index is 1.05. The van der Waals surface area contributed by atoms with E-state index in [-0.39, 0.29) is 0 Å². The van der Waals surface area contributed by atoms with Crippen molar-refractivity contribution < 1.29 is 0 Å². The third kappa shape index (κ3) is 10.7. The lowest BCUT2D eigenvalue weighted by Crippen LogP contribution is -1.93. The molecule has 14 bridgehead atoms. The van der Waals surface area contributed by atoms with E-state index in [0.717, 1.165) is 61.1 Å². The van der Waals surface area contributed by atoms with Crippen LogP contribution in [0.4, 0.5) is 0 Å². The molecule has 0 fully saturated rings. The number of aryl methyl sites for hydroxylation is 6. The summed E-state index contributed by atoms with van der Waals surface area (Å²) in [5.41, 5.74) is 16.2. The Kier molecular flexibility index (Phi) is 13.3. The molecular weight excluding hydrogens is 691 g/mol. The van der Waals surface area contributed by atoms with Gasteiger partial charge in [0.15, 0.2) is 0 Å². The lowest BCUT2D eigenvalue weighted by Gasteiger charge is -2.09. The van der Waals surface area contributed by atoms with Gasteiger partial charge in [0.25, 0.3) is 0 Å². The Morgan fingerprint density at radius 3 is 1.14 bits per heavy atom. The molecule has 0 N–H and O–H groups in total. The molecule has 3 heteroatoms. The highest BCUT2D eigenvalue weighted by Crippen LogP contribution is 2.26. The predicted molar refractivity (Wildman–Crippen MR) is 240 cm³/mol. The number of pyridine rings is 3. The van der Waals surface area contributed by atoms with Crippen molar-refractivity contribution in [1.82, 2.24) is 15.0 Å². The lowest BCUT2D eigenvalue weighted by molar-refractivity contribution is 0.640. The van der Waals surface area contributed by atoms with Crippen molar-refractivity contribution in [2.45, 2.75) is 109 Å². The Morgan fingerprint density at radius 2 is 0.684 bits per heavy atom. The van der Waals surface area contributed by atoms with Gasteiger partial charge in [-0.3, -0.25) is 9.97 Å². The van der Waals surface area contributed by atoms with Crippen molar-refractivity contribution in [2.24, 2.45) is 0 Å². The number of fused-ring (bicyclic) bond motifs is 5. The second-order valence-electron chi connectivity index (χ2n) is 16.3. The van der Waals surface area contributed by atoms with Gasteiger partial charge in [0, 0.05) is 34.5 Å². The van der Waals surface area contributed by atoms with Crippen LogP contribution < -0.4 is 0 Å². The van der Waals surface area contributed by atoms with Gasteiger partial charge in [0.05, 0.1) is 22.6 Å². The maximum atomic E-state index is 5.11. The van der Waals surface area contributed by atoms with Gasteiger partial charge in [0.2, 0.25) is 0 Å². The van der Waals surface area contributed by atoms with Gasteiger partial charge in [0.1, 0.15) is 0 Å². The fourth-order valence-electron chi connectivity index (χ4n) is 8.46. The van der Waals surface area contributed by atoms with Gasteiger partial charge >= 0.3 is 0 Å². The maximum Gasteiger partial charge on any atom is 0.0712 e. The number of nitrogens with zero attached hydrogens (tertiary/aromatic N) is 3. The zero-order chi connectivity index (χ0) is 38.5. The maximum absolute atomic E-state index is 5.11. The van der Waals surface area contributed by atoms with E-state index in [9.17, 15) is 0 Å². The summed E-state index contributed by atoms with van der Waals surface area (Å²) in [6.07, 6.45) is 24.4. The summed E-state index contributed by atoms with van der Waals surface area (Å²) in [6, 6.07) is 47.2. The van der Waals surface area contributed by atoms with E-state index in [0.29, 0.717) is 0 Å². The zero-order valence-corrected chi connectivity index (χ0v) is 33.6. The zero-order valence-electron chi connectivity index (χ0n) is 33.6. The third-order valence-electron chi connectivity index (χ3n) is 12.0. The van der Waals surface area contributed by atoms with Crippen molar-refractivity contribution in [3.8, 4) is 33.8 Å². The topological polar surface area (TPSA) is 38.7 Å². The third-order valence-corrected chi connectivity index (χ3v) is 12.0. The number of hydrogen-bond acceptors (Lipinski definition) is 3. The minimum absolute atomic E-state index is 1.05. The monoisotopic (exact) mass is 747 g/mol. The molecule has 57 heavy (non-hydrogen) atoms. The van der Waals surface area contributed by atoms with E-state index in [4.69, 9.17) is 15.0 Å². The van der Waals surface area contributed by atoms with Crippen LogP contribution >= 0.6 is 0 Å². The molecule has 0 radical (unpaired) electrons. The van der Waals surface area contributed by atoms with Crippen molar-refractivity contribution in [1.29, 1.82) is 0 Å². The highest BCUT2D eigenvalue weighted by molar-refractivity contribution is 5.84. The van der Waals surface area contributed by atoms with Crippen LogP contribution in [-0.2, 0) is 38.5 Å². The minimum Gasteiger partial charge on any atom is -0.256 e. The Morgan fingerprint density at radius 1 is 0.298 bits per heavy atom. The van der Waals surface area contributed by atoms with Crippen molar-refractivity contribution in [2.75, 3.05) is 0 Å². The molecule has 3 aromatic heterocycles. The molecule has 4 aromatic carbocycles. The number of aromatic nitrogens is 3. The Balaban J connectivity index is 0.897. The second kappa shape index (κ2) is 19.6. The molecule has 3 aliphatic heterocycles. The summed E-state index contributed by atoms with van der Waals surface area (Å²) >= 11 is 0. The van der Waals surface area contributed by atoms with Crippen LogP contribution in [0.3, 0.4) is 0 Å². The summed E-state index contributed by atoms with van der Waals surface area (Å²) < 4.78 is 0. The highest BCUT2D eigenvalue weighted by Gasteiger charge is 2.08. The summed E-state index contributed by atoms with van der Waals surface area (Å²) in [5.74, 6) is 0.